The van der Waals surface area contributed by atoms with Crippen molar-refractivity contribution in [3.05, 3.63) is 26.7 Å². The maximum Gasteiger partial charge on any atom is 0.0835 e. The lowest BCUT2D eigenvalue weighted by Crippen LogP contribution is -2.19. The minimum atomic E-state index is 0.333. The van der Waals surface area contributed by atoms with Gasteiger partial charge in [-0.15, -0.1) is 0 Å². The Morgan fingerprint density at radius 1 is 1.33 bits per heavy atom. The van der Waals surface area contributed by atoms with Crippen LogP contribution in [0.4, 0.5) is 5.69 Å². The minimum Gasteiger partial charge on any atom is -0.379 e. The van der Waals surface area contributed by atoms with Gasteiger partial charge >= 0.3 is 0 Å². The number of benzene rings is 1. The lowest BCUT2D eigenvalue weighted by molar-refractivity contribution is 0.195. The van der Waals surface area contributed by atoms with E-state index in [4.69, 9.17) is 27.9 Å². The molecule has 1 aliphatic rings. The van der Waals surface area contributed by atoms with Crippen molar-refractivity contribution in [2.75, 3.05) is 18.5 Å². The van der Waals surface area contributed by atoms with E-state index in [9.17, 15) is 0 Å². The van der Waals surface area contributed by atoms with Crippen LogP contribution in [0.2, 0.25) is 10.0 Å². The van der Waals surface area contributed by atoms with Gasteiger partial charge in [-0.2, -0.15) is 0 Å². The van der Waals surface area contributed by atoms with Crippen LogP contribution in [0.25, 0.3) is 0 Å². The van der Waals surface area contributed by atoms with E-state index in [0.29, 0.717) is 16.1 Å². The molecular formula is C10H10BrCl2NO. The van der Waals surface area contributed by atoms with Gasteiger partial charge in [0.15, 0.2) is 0 Å². The van der Waals surface area contributed by atoms with Crippen LogP contribution in [0, 0.1) is 0 Å². The van der Waals surface area contributed by atoms with Gasteiger partial charge in [0.2, 0.25) is 0 Å². The summed E-state index contributed by atoms with van der Waals surface area (Å²) in [4.78, 5) is 0. The SMILES string of the molecule is Clc1c(Br)ccc(NC2CCOC2)c1Cl. The Morgan fingerprint density at radius 2 is 2.13 bits per heavy atom. The fourth-order valence-corrected chi connectivity index (χ4v) is 2.33. The van der Waals surface area contributed by atoms with Crippen LogP contribution in [0.15, 0.2) is 16.6 Å². The fourth-order valence-electron chi connectivity index (χ4n) is 1.51. The summed E-state index contributed by atoms with van der Waals surface area (Å²) in [7, 11) is 0. The molecule has 1 unspecified atom stereocenters. The van der Waals surface area contributed by atoms with Crippen LogP contribution in [-0.2, 0) is 4.74 Å². The van der Waals surface area contributed by atoms with Gasteiger partial charge in [-0.25, -0.2) is 0 Å². The first-order chi connectivity index (χ1) is 7.18. The van der Waals surface area contributed by atoms with Crippen molar-refractivity contribution in [2.24, 2.45) is 0 Å². The summed E-state index contributed by atoms with van der Waals surface area (Å²) in [5, 5.41) is 4.41. The number of halogens is 3. The van der Waals surface area contributed by atoms with Crippen molar-refractivity contribution in [1.29, 1.82) is 0 Å². The summed E-state index contributed by atoms with van der Waals surface area (Å²) >= 11 is 15.5. The van der Waals surface area contributed by atoms with Gasteiger partial charge in [0, 0.05) is 11.1 Å². The summed E-state index contributed by atoms with van der Waals surface area (Å²) < 4.78 is 6.08. The summed E-state index contributed by atoms with van der Waals surface area (Å²) in [5.74, 6) is 0. The van der Waals surface area contributed by atoms with Crippen LogP contribution >= 0.6 is 39.1 Å². The van der Waals surface area contributed by atoms with Gasteiger partial charge < -0.3 is 10.1 Å². The first-order valence-electron chi connectivity index (χ1n) is 4.66. The maximum absolute atomic E-state index is 6.11. The summed E-state index contributed by atoms with van der Waals surface area (Å²) in [6, 6.07) is 4.13. The normalized spacial score (nSPS) is 20.6. The minimum absolute atomic E-state index is 0.333. The second kappa shape index (κ2) is 4.91. The highest BCUT2D eigenvalue weighted by atomic mass is 79.9. The standard InChI is InChI=1S/C10H10BrCl2NO/c11-7-1-2-8(10(13)9(7)12)14-6-3-4-15-5-6/h1-2,6,14H,3-5H2. The third-order valence-corrected chi connectivity index (χ3v) is 4.10. The van der Waals surface area contributed by atoms with Gasteiger partial charge in [-0.05, 0) is 34.5 Å². The second-order valence-electron chi connectivity index (χ2n) is 3.43. The van der Waals surface area contributed by atoms with E-state index in [1.807, 2.05) is 12.1 Å². The number of hydrogen-bond donors (Lipinski definition) is 1. The molecule has 0 bridgehead atoms. The lowest BCUT2D eigenvalue weighted by Gasteiger charge is -2.14. The van der Waals surface area contributed by atoms with Gasteiger partial charge in [0.25, 0.3) is 0 Å². The topological polar surface area (TPSA) is 21.3 Å². The van der Waals surface area contributed by atoms with Crippen LogP contribution in [0.1, 0.15) is 6.42 Å². The molecule has 2 rings (SSSR count). The molecule has 1 fully saturated rings. The molecule has 5 heteroatoms. The first-order valence-corrected chi connectivity index (χ1v) is 6.21. The molecule has 15 heavy (non-hydrogen) atoms. The van der Waals surface area contributed by atoms with E-state index in [-0.39, 0.29) is 0 Å². The molecule has 1 saturated heterocycles. The third-order valence-electron chi connectivity index (χ3n) is 2.32. The molecular weight excluding hydrogens is 301 g/mol. The number of rotatable bonds is 2. The van der Waals surface area contributed by atoms with Crippen LogP contribution in [0.5, 0.6) is 0 Å². The molecule has 0 amide bonds. The highest BCUT2D eigenvalue weighted by molar-refractivity contribution is 9.10. The molecule has 1 aromatic rings. The molecule has 2 nitrogen and oxygen atoms in total. The Morgan fingerprint density at radius 3 is 2.80 bits per heavy atom. The Hall–Kier alpha value is 0.0400. The fraction of sp³-hybridized carbons (Fsp3) is 0.400. The Balaban J connectivity index is 2.17. The molecule has 0 radical (unpaired) electrons. The summed E-state index contributed by atoms with van der Waals surface area (Å²) in [5.41, 5.74) is 0.861. The zero-order valence-corrected chi connectivity index (χ0v) is 11.0. The van der Waals surface area contributed by atoms with Gasteiger partial charge in [0.05, 0.1) is 28.4 Å². The molecule has 1 aliphatic heterocycles. The Kier molecular flexibility index (Phi) is 3.78. The third kappa shape index (κ3) is 2.59. The zero-order valence-electron chi connectivity index (χ0n) is 7.90. The van der Waals surface area contributed by atoms with Crippen molar-refractivity contribution in [3.63, 3.8) is 0 Å². The van der Waals surface area contributed by atoms with E-state index in [2.05, 4.69) is 21.2 Å². The van der Waals surface area contributed by atoms with E-state index in [1.165, 1.54) is 0 Å². The number of hydrogen-bond acceptors (Lipinski definition) is 2. The average molecular weight is 311 g/mol. The Labute approximate surface area is 107 Å². The van der Waals surface area contributed by atoms with Gasteiger partial charge in [0.1, 0.15) is 0 Å². The van der Waals surface area contributed by atoms with Crippen LogP contribution < -0.4 is 5.32 Å². The molecule has 1 aromatic carbocycles. The van der Waals surface area contributed by atoms with Crippen LogP contribution in [0.3, 0.4) is 0 Å². The summed E-state index contributed by atoms with van der Waals surface area (Å²) in [6.45, 7) is 1.53. The quantitative estimate of drug-likeness (QED) is 0.835. The highest BCUT2D eigenvalue weighted by Gasteiger charge is 2.17. The lowest BCUT2D eigenvalue weighted by atomic mass is 10.2. The number of anilines is 1. The molecule has 0 spiro atoms. The maximum atomic E-state index is 6.11. The van der Waals surface area contributed by atoms with Crippen molar-refractivity contribution < 1.29 is 4.74 Å². The molecule has 0 aromatic heterocycles. The molecule has 1 N–H and O–H groups in total. The van der Waals surface area contributed by atoms with E-state index in [1.54, 1.807) is 0 Å². The predicted molar refractivity (Wildman–Crippen MR) is 67.0 cm³/mol. The molecule has 0 aliphatic carbocycles. The molecule has 1 atom stereocenters. The Bertz CT molecular complexity index is 367. The molecule has 82 valence electrons. The van der Waals surface area contributed by atoms with Gasteiger partial charge in [-0.3, -0.25) is 0 Å². The first kappa shape index (κ1) is 11.5. The van der Waals surface area contributed by atoms with Crippen molar-refractivity contribution in [2.45, 2.75) is 12.5 Å². The predicted octanol–water partition coefficient (Wildman–Crippen LogP) is 3.96. The van der Waals surface area contributed by atoms with Crippen molar-refractivity contribution in [1.82, 2.24) is 0 Å². The van der Waals surface area contributed by atoms with Crippen molar-refractivity contribution >= 4 is 44.8 Å². The smallest absolute Gasteiger partial charge is 0.0835 e. The zero-order chi connectivity index (χ0) is 10.8. The molecule has 0 saturated carbocycles. The number of ether oxygens (including phenoxy) is 1. The van der Waals surface area contributed by atoms with Crippen LogP contribution in [-0.4, -0.2) is 19.3 Å². The van der Waals surface area contributed by atoms with E-state index >= 15 is 0 Å². The van der Waals surface area contributed by atoms with Gasteiger partial charge in [-0.1, -0.05) is 23.2 Å². The second-order valence-corrected chi connectivity index (χ2v) is 5.04. The van der Waals surface area contributed by atoms with E-state index in [0.717, 1.165) is 29.8 Å². The largest absolute Gasteiger partial charge is 0.379 e. The summed E-state index contributed by atoms with van der Waals surface area (Å²) in [6.07, 6.45) is 1.00. The monoisotopic (exact) mass is 309 g/mol. The highest BCUT2D eigenvalue weighted by Crippen LogP contribution is 2.36. The number of nitrogens with one attached hydrogen (secondary N) is 1. The average Bonchev–Trinajstić information content (AvgIpc) is 2.72. The van der Waals surface area contributed by atoms with E-state index < -0.39 is 0 Å². The van der Waals surface area contributed by atoms with Crippen molar-refractivity contribution in [3.8, 4) is 0 Å². The molecule has 1 heterocycles.